The van der Waals surface area contributed by atoms with E-state index in [0.29, 0.717) is 5.56 Å². The summed E-state index contributed by atoms with van der Waals surface area (Å²) in [7, 11) is 0. The van der Waals surface area contributed by atoms with Crippen molar-refractivity contribution in [1.82, 2.24) is 0 Å². The maximum Gasteiger partial charge on any atom is 0.161 e. The topological polar surface area (TPSA) is 63.6 Å². The van der Waals surface area contributed by atoms with Crippen LogP contribution in [0.2, 0.25) is 0 Å². The highest BCUT2D eigenvalue weighted by Gasteiger charge is 2.17. The number of anilines is 1. The van der Waals surface area contributed by atoms with Gasteiger partial charge in [-0.3, -0.25) is 10.0 Å². The van der Waals surface area contributed by atoms with Gasteiger partial charge in [-0.25, -0.2) is 0 Å². The molecule has 0 aromatic heterocycles. The zero-order valence-corrected chi connectivity index (χ0v) is 10.2. The summed E-state index contributed by atoms with van der Waals surface area (Å²) in [4.78, 5) is 11.6. The molecule has 0 radical (unpaired) electrons. The van der Waals surface area contributed by atoms with Gasteiger partial charge in [0.2, 0.25) is 0 Å². The zero-order chi connectivity index (χ0) is 13.1. The lowest BCUT2D eigenvalue weighted by Crippen LogP contribution is -2.17. The second-order valence-corrected chi connectivity index (χ2v) is 4.82. The van der Waals surface area contributed by atoms with Crippen LogP contribution in [-0.2, 0) is 4.79 Å². The highest BCUT2D eigenvalue weighted by atomic mass is 16.8. The van der Waals surface area contributed by atoms with Crippen molar-refractivity contribution in [1.29, 1.82) is 0 Å². The number of carbonyl (C=O) groups excluding carboxylic acids is 1. The van der Waals surface area contributed by atoms with Crippen molar-refractivity contribution in [2.75, 3.05) is 5.23 Å². The first-order chi connectivity index (χ1) is 7.80. The second-order valence-electron chi connectivity index (χ2n) is 4.82. The fourth-order valence-corrected chi connectivity index (χ4v) is 1.17. The number of allylic oxidation sites excluding steroid dienone is 1. The molecule has 1 N–H and O–H groups in total. The van der Waals surface area contributed by atoms with Crippen LogP contribution in [0.4, 0.5) is 5.69 Å². The number of carbonyl (C=O) groups is 1. The van der Waals surface area contributed by atoms with Gasteiger partial charge in [-0.2, -0.15) is 0 Å². The maximum atomic E-state index is 11.6. The number of nitrogens with zero attached hydrogens (tertiary/aromatic N) is 1. The summed E-state index contributed by atoms with van der Waals surface area (Å²) in [6.07, 6.45) is 3.10. The third-order valence-electron chi connectivity index (χ3n) is 2.26. The van der Waals surface area contributed by atoms with Crippen LogP contribution >= 0.6 is 0 Å². The number of benzene rings is 1. The minimum atomic E-state index is -0.421. The smallest absolute Gasteiger partial charge is 0.161 e. The van der Waals surface area contributed by atoms with E-state index in [9.17, 15) is 10.0 Å². The Labute approximate surface area is 101 Å². The lowest BCUT2D eigenvalue weighted by Gasteiger charge is -2.21. The Hall–Kier alpha value is -1.65. The van der Waals surface area contributed by atoms with Crippen molar-refractivity contribution in [3.05, 3.63) is 41.1 Å². The van der Waals surface area contributed by atoms with Crippen LogP contribution in [0, 0.1) is 10.6 Å². The number of rotatable bonds is 3. The van der Waals surface area contributed by atoms with E-state index in [1.165, 1.54) is 18.2 Å². The third-order valence-corrected chi connectivity index (χ3v) is 2.26. The predicted octanol–water partition coefficient (Wildman–Crippen LogP) is 3.01. The quantitative estimate of drug-likeness (QED) is 0.645. The van der Waals surface area contributed by atoms with Crippen LogP contribution in [-0.4, -0.2) is 11.0 Å². The highest BCUT2D eigenvalue weighted by Crippen LogP contribution is 2.18. The van der Waals surface area contributed by atoms with Gasteiger partial charge in [-0.15, -0.1) is 0 Å². The van der Waals surface area contributed by atoms with E-state index in [1.54, 1.807) is 18.2 Å². The van der Waals surface area contributed by atoms with Gasteiger partial charge in [-0.05, 0) is 23.8 Å². The van der Waals surface area contributed by atoms with Crippen LogP contribution in [0.3, 0.4) is 0 Å². The third kappa shape index (κ3) is 4.01. The number of ketones is 1. The molecule has 0 saturated heterocycles. The van der Waals surface area contributed by atoms with Crippen molar-refractivity contribution in [2.45, 2.75) is 20.8 Å². The molecule has 0 aliphatic rings. The van der Waals surface area contributed by atoms with Gasteiger partial charge >= 0.3 is 0 Å². The fourth-order valence-electron chi connectivity index (χ4n) is 1.17. The standard InChI is InChI=1S/C13H16NO3/c1-13(2,3)12(15)8-7-10-5-4-6-11(9-10)14(16)17/h4-9,16H,1-3H3/q-1/b8-7+. The molecular formula is C13H16NO3-. The Morgan fingerprint density at radius 1 is 1.41 bits per heavy atom. The average molecular weight is 234 g/mol. The molecule has 0 unspecified atom stereocenters. The monoisotopic (exact) mass is 234 g/mol. The van der Waals surface area contributed by atoms with Crippen molar-refractivity contribution < 1.29 is 10.0 Å². The van der Waals surface area contributed by atoms with Crippen LogP contribution in [0.5, 0.6) is 0 Å². The first kappa shape index (κ1) is 13.4. The molecule has 4 heteroatoms. The summed E-state index contributed by atoms with van der Waals surface area (Å²) in [5, 5.41) is 19.2. The molecular weight excluding hydrogens is 218 g/mol. The number of hydrogen-bond donors (Lipinski definition) is 1. The Bertz CT molecular complexity index is 431. The molecule has 0 saturated carbocycles. The fraction of sp³-hybridized carbons (Fsp3) is 0.308. The Balaban J connectivity index is 2.85. The van der Waals surface area contributed by atoms with E-state index < -0.39 is 5.41 Å². The minimum Gasteiger partial charge on any atom is -0.733 e. The van der Waals surface area contributed by atoms with E-state index in [4.69, 9.17) is 5.21 Å². The van der Waals surface area contributed by atoms with Gasteiger partial charge in [-0.1, -0.05) is 39.0 Å². The Morgan fingerprint density at radius 3 is 2.59 bits per heavy atom. The molecule has 1 aromatic carbocycles. The minimum absolute atomic E-state index is 0.00545. The summed E-state index contributed by atoms with van der Waals surface area (Å²) in [6.45, 7) is 5.51. The van der Waals surface area contributed by atoms with Crippen molar-refractivity contribution in [3.63, 3.8) is 0 Å². The van der Waals surface area contributed by atoms with E-state index in [-0.39, 0.29) is 16.7 Å². The highest BCUT2D eigenvalue weighted by molar-refractivity contribution is 5.97. The van der Waals surface area contributed by atoms with Crippen LogP contribution in [0.15, 0.2) is 30.3 Å². The Kier molecular flexibility index (Phi) is 4.04. The first-order valence-corrected chi connectivity index (χ1v) is 5.29. The zero-order valence-electron chi connectivity index (χ0n) is 10.2. The lowest BCUT2D eigenvalue weighted by atomic mass is 9.90. The molecule has 0 aliphatic heterocycles. The molecule has 0 atom stereocenters. The molecule has 92 valence electrons. The predicted molar refractivity (Wildman–Crippen MR) is 67.6 cm³/mol. The van der Waals surface area contributed by atoms with Crippen LogP contribution < -0.4 is 5.23 Å². The second kappa shape index (κ2) is 5.12. The molecule has 0 spiro atoms. The van der Waals surface area contributed by atoms with Gasteiger partial charge in [0.1, 0.15) is 0 Å². The summed E-state index contributed by atoms with van der Waals surface area (Å²) in [5.74, 6) is 0.00545. The van der Waals surface area contributed by atoms with Crippen molar-refractivity contribution in [3.8, 4) is 0 Å². The normalized spacial score (nSPS) is 11.8. The maximum absolute atomic E-state index is 11.6. The Morgan fingerprint density at radius 2 is 2.06 bits per heavy atom. The van der Waals surface area contributed by atoms with Gasteiger partial charge in [0.25, 0.3) is 0 Å². The van der Waals surface area contributed by atoms with E-state index in [0.717, 1.165) is 0 Å². The van der Waals surface area contributed by atoms with Gasteiger partial charge in [0, 0.05) is 5.41 Å². The largest absolute Gasteiger partial charge is 0.733 e. The first-order valence-electron chi connectivity index (χ1n) is 5.29. The summed E-state index contributed by atoms with van der Waals surface area (Å²) >= 11 is 0. The van der Waals surface area contributed by atoms with E-state index in [1.807, 2.05) is 20.8 Å². The summed E-state index contributed by atoms with van der Waals surface area (Å²) in [5.41, 5.74) is 0.403. The molecule has 1 rings (SSSR count). The molecule has 0 bridgehead atoms. The molecule has 0 fully saturated rings. The number of hydrogen-bond acceptors (Lipinski definition) is 4. The van der Waals surface area contributed by atoms with Crippen molar-refractivity contribution in [2.24, 2.45) is 5.41 Å². The van der Waals surface area contributed by atoms with Crippen LogP contribution in [0.25, 0.3) is 6.08 Å². The van der Waals surface area contributed by atoms with Gasteiger partial charge in [0.15, 0.2) is 5.78 Å². The molecule has 0 aliphatic carbocycles. The molecule has 17 heavy (non-hydrogen) atoms. The van der Waals surface area contributed by atoms with Crippen LogP contribution in [0.1, 0.15) is 26.3 Å². The van der Waals surface area contributed by atoms with Crippen molar-refractivity contribution >= 4 is 17.5 Å². The summed E-state index contributed by atoms with van der Waals surface area (Å²) < 4.78 is 0. The molecule has 1 aromatic rings. The molecule has 0 heterocycles. The molecule has 4 nitrogen and oxygen atoms in total. The lowest BCUT2D eigenvalue weighted by molar-refractivity contribution is -0.121. The SMILES string of the molecule is CC(C)(C)C(=O)/C=C/c1cccc(N([O-])O)c1. The molecule has 0 amide bonds. The van der Waals surface area contributed by atoms with Gasteiger partial charge < -0.3 is 10.4 Å². The summed E-state index contributed by atoms with van der Waals surface area (Å²) in [6, 6.07) is 6.37. The average Bonchev–Trinajstić information content (AvgIpc) is 2.25. The van der Waals surface area contributed by atoms with E-state index >= 15 is 0 Å². The van der Waals surface area contributed by atoms with E-state index in [2.05, 4.69) is 0 Å². The van der Waals surface area contributed by atoms with Gasteiger partial charge in [0.05, 0.1) is 5.69 Å².